The quantitative estimate of drug-likeness (QED) is 0.129. The highest BCUT2D eigenvalue weighted by Gasteiger charge is 2.32. The first-order valence-corrected chi connectivity index (χ1v) is 9.87. The van der Waals surface area contributed by atoms with Crippen molar-refractivity contribution in [3.63, 3.8) is 0 Å². The number of nitrogens with one attached hydrogen (secondary N) is 3. The van der Waals surface area contributed by atoms with Crippen molar-refractivity contribution < 1.29 is 44.1 Å². The molecule has 4 unspecified atom stereocenters. The zero-order valence-corrected chi connectivity index (χ0v) is 17.9. The molecular weight excluding hydrogens is 436 g/mol. The predicted molar refractivity (Wildman–Crippen MR) is 109 cm³/mol. The molecule has 8 N–H and O–H groups in total. The van der Waals surface area contributed by atoms with Crippen LogP contribution in [0.1, 0.15) is 33.1 Å². The first-order chi connectivity index (χ1) is 14.3. The number of carboxylic acids is 3. The van der Waals surface area contributed by atoms with E-state index in [4.69, 9.17) is 21.1 Å². The van der Waals surface area contributed by atoms with Crippen molar-refractivity contribution in [3.8, 4) is 0 Å². The first-order valence-electron chi connectivity index (χ1n) is 9.24. The Kier molecular flexibility index (Phi) is 12.2. The summed E-state index contributed by atoms with van der Waals surface area (Å²) < 4.78 is 0. The highest BCUT2D eigenvalue weighted by atomic mass is 32.1. The minimum Gasteiger partial charge on any atom is -0.481 e. The zero-order chi connectivity index (χ0) is 24.3. The molecule has 0 spiro atoms. The van der Waals surface area contributed by atoms with Gasteiger partial charge in [0.05, 0.1) is 12.5 Å². The molecule has 0 radical (unpaired) electrons. The Morgan fingerprint density at radius 1 is 0.839 bits per heavy atom. The molecule has 31 heavy (non-hydrogen) atoms. The molecule has 0 aromatic rings. The van der Waals surface area contributed by atoms with Crippen molar-refractivity contribution in [3.05, 3.63) is 0 Å². The third-order valence-corrected chi connectivity index (χ3v) is 4.43. The lowest BCUT2D eigenvalue weighted by molar-refractivity contribution is -0.143. The predicted octanol–water partition coefficient (Wildman–Crippen LogP) is -2.22. The monoisotopic (exact) mass is 464 g/mol. The van der Waals surface area contributed by atoms with Crippen molar-refractivity contribution in [2.24, 2.45) is 11.7 Å². The van der Waals surface area contributed by atoms with Crippen molar-refractivity contribution in [1.29, 1.82) is 0 Å². The number of carbonyl (C=O) groups excluding carboxylic acids is 3. The van der Waals surface area contributed by atoms with E-state index < -0.39 is 78.6 Å². The average Bonchev–Trinajstić information content (AvgIpc) is 2.66. The Balaban J connectivity index is 5.33. The fourth-order valence-corrected chi connectivity index (χ4v) is 2.56. The van der Waals surface area contributed by atoms with Crippen LogP contribution < -0.4 is 21.7 Å². The summed E-state index contributed by atoms with van der Waals surface area (Å²) in [6, 6.07) is -5.44. The Hall–Kier alpha value is -2.87. The summed E-state index contributed by atoms with van der Waals surface area (Å²) in [4.78, 5) is 69.9. The standard InChI is InChI=1S/C17H28N4O9S/c1-7(2)13(16(28)20-10(6-31)17(29)30)21-15(27)9(5-12(24)25)19-14(26)8(18)3-4-11(22)23/h7-10,13,31H,3-6,18H2,1-2H3,(H,19,26)(H,20,28)(H,21,27)(H,22,23)(H,24,25)(H,29,30). The molecule has 3 amide bonds. The van der Waals surface area contributed by atoms with Crippen molar-refractivity contribution in [2.75, 3.05) is 5.75 Å². The molecule has 0 aromatic heterocycles. The van der Waals surface area contributed by atoms with E-state index in [0.29, 0.717) is 0 Å². The Morgan fingerprint density at radius 3 is 1.81 bits per heavy atom. The van der Waals surface area contributed by atoms with Crippen LogP contribution in [0.4, 0.5) is 0 Å². The summed E-state index contributed by atoms with van der Waals surface area (Å²) in [6.07, 6.45) is -1.47. The van der Waals surface area contributed by atoms with Gasteiger partial charge in [-0.3, -0.25) is 24.0 Å². The Labute approximate surface area is 183 Å². The lowest BCUT2D eigenvalue weighted by Crippen LogP contribution is -2.59. The number of carbonyl (C=O) groups is 6. The molecule has 0 aliphatic heterocycles. The molecule has 13 nitrogen and oxygen atoms in total. The summed E-state index contributed by atoms with van der Waals surface area (Å²) in [5, 5.41) is 33.4. The number of amides is 3. The van der Waals surface area contributed by atoms with Crippen molar-refractivity contribution in [1.82, 2.24) is 16.0 Å². The maximum atomic E-state index is 12.6. The van der Waals surface area contributed by atoms with E-state index in [1.54, 1.807) is 13.8 Å². The van der Waals surface area contributed by atoms with Gasteiger partial charge in [-0.15, -0.1) is 0 Å². The molecule has 0 saturated carbocycles. The molecule has 4 atom stereocenters. The van der Waals surface area contributed by atoms with Gasteiger partial charge in [-0.05, 0) is 12.3 Å². The fourth-order valence-electron chi connectivity index (χ4n) is 2.31. The second-order valence-electron chi connectivity index (χ2n) is 7.01. The van der Waals surface area contributed by atoms with Crippen LogP contribution in [0.5, 0.6) is 0 Å². The summed E-state index contributed by atoms with van der Waals surface area (Å²) in [5.41, 5.74) is 5.56. The number of nitrogens with two attached hydrogens (primary N) is 1. The van der Waals surface area contributed by atoms with Crippen LogP contribution in [-0.4, -0.2) is 80.9 Å². The van der Waals surface area contributed by atoms with Crippen LogP contribution in [0.25, 0.3) is 0 Å². The van der Waals surface area contributed by atoms with Gasteiger partial charge in [0, 0.05) is 12.2 Å². The first kappa shape index (κ1) is 28.1. The maximum absolute atomic E-state index is 12.6. The molecular formula is C17H28N4O9S. The number of hydrogen-bond donors (Lipinski definition) is 8. The smallest absolute Gasteiger partial charge is 0.327 e. The van der Waals surface area contributed by atoms with Gasteiger partial charge >= 0.3 is 17.9 Å². The Morgan fingerprint density at radius 2 is 1.39 bits per heavy atom. The largest absolute Gasteiger partial charge is 0.481 e. The summed E-state index contributed by atoms with van der Waals surface area (Å²) >= 11 is 3.83. The molecule has 0 heterocycles. The van der Waals surface area contributed by atoms with E-state index in [2.05, 4.69) is 28.6 Å². The normalized spacial score (nSPS) is 14.6. The van der Waals surface area contributed by atoms with E-state index >= 15 is 0 Å². The number of carboxylic acid groups (broad SMARTS) is 3. The molecule has 0 rings (SSSR count). The van der Waals surface area contributed by atoms with Crippen LogP contribution in [0.15, 0.2) is 0 Å². The molecule has 176 valence electrons. The van der Waals surface area contributed by atoms with Gasteiger partial charge in [0.1, 0.15) is 18.1 Å². The topological polar surface area (TPSA) is 225 Å². The molecule has 0 aromatic carbocycles. The van der Waals surface area contributed by atoms with E-state index in [1.165, 1.54) is 0 Å². The van der Waals surface area contributed by atoms with Gasteiger partial charge in [0.15, 0.2) is 0 Å². The lowest BCUT2D eigenvalue weighted by atomic mass is 10.0. The van der Waals surface area contributed by atoms with Crippen molar-refractivity contribution >= 4 is 48.3 Å². The second-order valence-corrected chi connectivity index (χ2v) is 7.38. The summed E-state index contributed by atoms with van der Waals surface area (Å²) in [7, 11) is 0. The SMILES string of the molecule is CC(C)C(NC(=O)C(CC(=O)O)NC(=O)C(N)CCC(=O)O)C(=O)NC(CS)C(=O)O. The van der Waals surface area contributed by atoms with Crippen molar-refractivity contribution in [2.45, 2.75) is 57.3 Å². The summed E-state index contributed by atoms with van der Waals surface area (Å²) in [5.74, 6) is -7.43. The summed E-state index contributed by atoms with van der Waals surface area (Å²) in [6.45, 7) is 3.13. The van der Waals surface area contributed by atoms with Crippen LogP contribution in [0.2, 0.25) is 0 Å². The van der Waals surface area contributed by atoms with E-state index in [9.17, 15) is 28.8 Å². The third-order valence-electron chi connectivity index (χ3n) is 4.06. The van der Waals surface area contributed by atoms with E-state index in [-0.39, 0.29) is 12.2 Å². The minimum absolute atomic E-state index is 0.203. The maximum Gasteiger partial charge on any atom is 0.327 e. The van der Waals surface area contributed by atoms with Gasteiger partial charge in [-0.25, -0.2) is 4.79 Å². The van der Waals surface area contributed by atoms with Gasteiger partial charge in [-0.2, -0.15) is 12.6 Å². The fraction of sp³-hybridized carbons (Fsp3) is 0.647. The number of rotatable bonds is 14. The highest BCUT2D eigenvalue weighted by Crippen LogP contribution is 2.06. The third kappa shape index (κ3) is 10.6. The van der Waals surface area contributed by atoms with Gasteiger partial charge in [0.2, 0.25) is 17.7 Å². The number of hydrogen-bond acceptors (Lipinski definition) is 8. The second kappa shape index (κ2) is 13.4. The lowest BCUT2D eigenvalue weighted by Gasteiger charge is -2.26. The van der Waals surface area contributed by atoms with Crippen LogP contribution >= 0.6 is 12.6 Å². The van der Waals surface area contributed by atoms with Crippen LogP contribution in [-0.2, 0) is 28.8 Å². The van der Waals surface area contributed by atoms with Gasteiger partial charge in [-0.1, -0.05) is 13.8 Å². The van der Waals surface area contributed by atoms with E-state index in [0.717, 1.165) is 0 Å². The van der Waals surface area contributed by atoms with Crippen LogP contribution in [0, 0.1) is 5.92 Å². The Bertz CT molecular complexity index is 701. The molecule has 0 aliphatic rings. The minimum atomic E-state index is -1.60. The molecule has 0 aliphatic carbocycles. The van der Waals surface area contributed by atoms with Gasteiger partial charge in [0.25, 0.3) is 0 Å². The highest BCUT2D eigenvalue weighted by molar-refractivity contribution is 7.80. The van der Waals surface area contributed by atoms with Gasteiger partial charge < -0.3 is 37.0 Å². The molecule has 0 bridgehead atoms. The zero-order valence-electron chi connectivity index (χ0n) is 17.0. The average molecular weight is 464 g/mol. The number of aliphatic carboxylic acids is 3. The van der Waals surface area contributed by atoms with E-state index in [1.807, 2.05) is 0 Å². The molecule has 0 fully saturated rings. The molecule has 14 heteroatoms. The van der Waals surface area contributed by atoms with Crippen LogP contribution in [0.3, 0.4) is 0 Å². The number of thiol groups is 1. The molecule has 0 saturated heterocycles.